The maximum atomic E-state index is 12.9. The van der Waals surface area contributed by atoms with Crippen molar-refractivity contribution < 1.29 is 23.1 Å². The van der Waals surface area contributed by atoms with E-state index < -0.39 is 23.8 Å². The number of rotatable bonds is 1. The van der Waals surface area contributed by atoms with Crippen LogP contribution in [-0.2, 0) is 4.79 Å². The molecule has 96 valence electrons. The molecule has 0 aromatic heterocycles. The lowest BCUT2D eigenvalue weighted by Gasteiger charge is -2.33. The molecule has 0 radical (unpaired) electrons. The lowest BCUT2D eigenvalue weighted by Crippen LogP contribution is -2.46. The summed E-state index contributed by atoms with van der Waals surface area (Å²) in [6.45, 7) is 0. The number of nitrogens with zero attached hydrogens (tertiary/aromatic N) is 1. The Labute approximate surface area is 105 Å². The first-order valence-corrected chi connectivity index (χ1v) is 5.22. The third-order valence-corrected chi connectivity index (χ3v) is 2.93. The molecule has 0 saturated heterocycles. The van der Waals surface area contributed by atoms with Gasteiger partial charge in [0.05, 0.1) is 11.3 Å². The number of fused-ring (bicyclic) bond motifs is 1. The van der Waals surface area contributed by atoms with E-state index in [0.717, 1.165) is 6.08 Å². The Morgan fingerprint density at radius 2 is 1.94 bits per heavy atom. The van der Waals surface area contributed by atoms with E-state index in [4.69, 9.17) is 16.9 Å². The van der Waals surface area contributed by atoms with Crippen LogP contribution >= 0.6 is 11.8 Å². The van der Waals surface area contributed by atoms with Gasteiger partial charge in [-0.05, 0) is 17.7 Å². The summed E-state index contributed by atoms with van der Waals surface area (Å²) in [5.74, 6) is -1.64. The maximum Gasteiger partial charge on any atom is 0.414 e. The lowest BCUT2D eigenvalue weighted by atomic mass is 9.97. The molecule has 1 heterocycles. The molecule has 3 nitrogen and oxygen atoms in total. The van der Waals surface area contributed by atoms with E-state index in [1.165, 1.54) is 18.2 Å². The highest BCUT2D eigenvalue weighted by molar-refractivity contribution is 6.28. The summed E-state index contributed by atoms with van der Waals surface area (Å²) in [7, 11) is 0. The molecule has 0 fully saturated rings. The topological polar surface area (TPSA) is 40.5 Å². The molecular weight excluding hydrogens is 271 g/mol. The van der Waals surface area contributed by atoms with Crippen molar-refractivity contribution in [2.24, 2.45) is 0 Å². The Kier molecular flexibility index (Phi) is 2.98. The molecule has 2 rings (SSSR count). The summed E-state index contributed by atoms with van der Waals surface area (Å²) >= 11 is 5.65. The van der Waals surface area contributed by atoms with E-state index in [2.05, 4.69) is 0 Å². The smallest absolute Gasteiger partial charge is 0.414 e. The van der Waals surface area contributed by atoms with Crippen LogP contribution in [0.2, 0.25) is 0 Å². The standard InChI is InChI=1S/C11H7ClF3NO2/c12-16-8-4-2-1-3-6(8)5-7(10(17)18)9(16)11(13,14)15/h1-5,9H,(H,17,18). The van der Waals surface area contributed by atoms with Gasteiger partial charge < -0.3 is 5.11 Å². The monoisotopic (exact) mass is 277 g/mol. The van der Waals surface area contributed by atoms with Gasteiger partial charge in [-0.2, -0.15) is 13.2 Å². The van der Waals surface area contributed by atoms with Gasteiger partial charge in [0.25, 0.3) is 0 Å². The van der Waals surface area contributed by atoms with Crippen LogP contribution in [0.1, 0.15) is 5.56 Å². The van der Waals surface area contributed by atoms with Crippen molar-refractivity contribution in [2.45, 2.75) is 12.2 Å². The Hall–Kier alpha value is -1.69. The Balaban J connectivity index is 2.61. The molecule has 0 spiro atoms. The van der Waals surface area contributed by atoms with E-state index in [9.17, 15) is 18.0 Å². The molecule has 0 amide bonds. The predicted octanol–water partition coefficient (Wildman–Crippen LogP) is 3.06. The third-order valence-electron chi connectivity index (χ3n) is 2.56. The average molecular weight is 278 g/mol. The molecule has 1 aliphatic rings. The normalized spacial score (nSPS) is 19.2. The number of carbonyl (C=O) groups is 1. The number of carboxylic acid groups (broad SMARTS) is 1. The van der Waals surface area contributed by atoms with E-state index >= 15 is 0 Å². The minimum Gasteiger partial charge on any atom is -0.478 e. The van der Waals surface area contributed by atoms with Crippen LogP contribution < -0.4 is 4.42 Å². The largest absolute Gasteiger partial charge is 0.478 e. The number of benzene rings is 1. The van der Waals surface area contributed by atoms with Gasteiger partial charge in [-0.25, -0.2) is 4.79 Å². The van der Waals surface area contributed by atoms with Crippen molar-refractivity contribution in [3.8, 4) is 0 Å². The third kappa shape index (κ3) is 2.03. The molecule has 0 aliphatic carbocycles. The first-order valence-electron chi connectivity index (χ1n) is 4.88. The number of hydrogen-bond donors (Lipinski definition) is 1. The van der Waals surface area contributed by atoms with Crippen LogP contribution in [-0.4, -0.2) is 23.3 Å². The van der Waals surface area contributed by atoms with Crippen molar-refractivity contribution in [1.82, 2.24) is 0 Å². The van der Waals surface area contributed by atoms with E-state index in [-0.39, 0.29) is 5.69 Å². The summed E-state index contributed by atoms with van der Waals surface area (Å²) in [4.78, 5) is 10.9. The summed E-state index contributed by atoms with van der Waals surface area (Å²) in [5.41, 5.74) is -0.326. The maximum absolute atomic E-state index is 12.9. The molecule has 1 atom stereocenters. The van der Waals surface area contributed by atoms with Crippen LogP contribution in [0, 0.1) is 0 Å². The minimum atomic E-state index is -4.76. The van der Waals surface area contributed by atoms with Gasteiger partial charge in [0, 0.05) is 11.8 Å². The van der Waals surface area contributed by atoms with E-state index in [0.29, 0.717) is 9.98 Å². The van der Waals surface area contributed by atoms with Gasteiger partial charge in [0.15, 0.2) is 6.04 Å². The number of alkyl halides is 3. The fourth-order valence-corrected chi connectivity index (χ4v) is 2.17. The first-order chi connectivity index (χ1) is 8.32. The highest BCUT2D eigenvalue weighted by atomic mass is 35.5. The van der Waals surface area contributed by atoms with Crippen LogP contribution in [0.25, 0.3) is 6.08 Å². The predicted molar refractivity (Wildman–Crippen MR) is 60.2 cm³/mol. The molecule has 1 aromatic rings. The number of para-hydroxylation sites is 1. The highest BCUT2D eigenvalue weighted by Gasteiger charge is 2.50. The van der Waals surface area contributed by atoms with Gasteiger partial charge in [-0.1, -0.05) is 18.2 Å². The zero-order chi connectivity index (χ0) is 13.5. The second-order valence-corrected chi connectivity index (χ2v) is 4.08. The van der Waals surface area contributed by atoms with Crippen molar-refractivity contribution in [1.29, 1.82) is 0 Å². The van der Waals surface area contributed by atoms with Gasteiger partial charge in [-0.15, -0.1) is 0 Å². The Bertz CT molecular complexity index is 527. The number of carboxylic acids is 1. The second-order valence-electron chi connectivity index (χ2n) is 3.72. The van der Waals surface area contributed by atoms with Crippen LogP contribution in [0.15, 0.2) is 29.8 Å². The molecule has 1 aliphatic heterocycles. The quantitative estimate of drug-likeness (QED) is 0.802. The van der Waals surface area contributed by atoms with Crippen molar-refractivity contribution in [2.75, 3.05) is 4.42 Å². The average Bonchev–Trinajstić information content (AvgIpc) is 2.27. The summed E-state index contributed by atoms with van der Waals surface area (Å²) < 4.78 is 39.0. The van der Waals surface area contributed by atoms with Gasteiger partial charge in [-0.3, -0.25) is 4.42 Å². The molecule has 0 saturated carbocycles. The molecular formula is C11H7ClF3NO2. The van der Waals surface area contributed by atoms with Crippen LogP contribution in [0.5, 0.6) is 0 Å². The van der Waals surface area contributed by atoms with E-state index in [1.54, 1.807) is 6.07 Å². The molecule has 1 N–H and O–H groups in total. The number of aliphatic carboxylic acids is 1. The van der Waals surface area contributed by atoms with Crippen LogP contribution in [0.4, 0.5) is 18.9 Å². The molecule has 0 bridgehead atoms. The SMILES string of the molecule is O=C(O)C1=Cc2ccccc2N(Cl)C1C(F)(F)F. The molecule has 1 aromatic carbocycles. The fourth-order valence-electron chi connectivity index (χ4n) is 1.80. The van der Waals surface area contributed by atoms with Gasteiger partial charge >= 0.3 is 12.1 Å². The Morgan fingerprint density at radius 1 is 1.33 bits per heavy atom. The second kappa shape index (κ2) is 4.20. The van der Waals surface area contributed by atoms with Crippen molar-refractivity contribution >= 4 is 29.5 Å². The summed E-state index contributed by atoms with van der Waals surface area (Å²) in [6.07, 6.45) is -3.77. The van der Waals surface area contributed by atoms with Gasteiger partial charge in [0.1, 0.15) is 0 Å². The zero-order valence-electron chi connectivity index (χ0n) is 8.78. The number of halogens is 4. The number of hydrogen-bond acceptors (Lipinski definition) is 2. The lowest BCUT2D eigenvalue weighted by molar-refractivity contribution is -0.148. The summed E-state index contributed by atoms with van der Waals surface area (Å²) in [6, 6.07) is 3.66. The first kappa shape index (κ1) is 12.8. The minimum absolute atomic E-state index is 0.131. The van der Waals surface area contributed by atoms with Crippen molar-refractivity contribution in [3.05, 3.63) is 35.4 Å². The van der Waals surface area contributed by atoms with Gasteiger partial charge in [0.2, 0.25) is 0 Å². The van der Waals surface area contributed by atoms with Crippen molar-refractivity contribution in [3.63, 3.8) is 0 Å². The summed E-state index contributed by atoms with van der Waals surface area (Å²) in [5, 5.41) is 8.86. The number of anilines is 1. The fraction of sp³-hybridized carbons (Fsp3) is 0.182. The zero-order valence-corrected chi connectivity index (χ0v) is 9.53. The van der Waals surface area contributed by atoms with E-state index in [1.807, 2.05) is 0 Å². The molecule has 18 heavy (non-hydrogen) atoms. The molecule has 7 heteroatoms. The van der Waals surface area contributed by atoms with Crippen LogP contribution in [0.3, 0.4) is 0 Å². The highest BCUT2D eigenvalue weighted by Crippen LogP contribution is 2.41. The molecule has 1 unspecified atom stereocenters. The Morgan fingerprint density at radius 3 is 2.50 bits per heavy atom.